The Bertz CT molecular complexity index is 1000. The van der Waals surface area contributed by atoms with E-state index >= 15 is 0 Å². The first-order chi connectivity index (χ1) is 12.2. The van der Waals surface area contributed by atoms with Crippen LogP contribution in [0.1, 0.15) is 26.4 Å². The third-order valence-electron chi connectivity index (χ3n) is 4.27. The molecule has 0 fully saturated rings. The van der Waals surface area contributed by atoms with E-state index in [0.29, 0.717) is 22.4 Å². The minimum Gasteiger partial charge on any atom is -0.268 e. The van der Waals surface area contributed by atoms with E-state index in [4.69, 9.17) is 0 Å². The molecule has 2 heterocycles. The summed E-state index contributed by atoms with van der Waals surface area (Å²) in [6.07, 6.45) is 1.86. The van der Waals surface area contributed by atoms with Crippen LogP contribution in [0.25, 0.3) is 11.6 Å². The SMILES string of the molecule is Cc1ccccc1N1C(=O)C(=Cc2cccs2)c2ccccc2C1=O. The zero-order valence-electron chi connectivity index (χ0n) is 13.6. The lowest BCUT2D eigenvalue weighted by atomic mass is 9.92. The van der Waals surface area contributed by atoms with Crippen molar-refractivity contribution in [2.75, 3.05) is 4.90 Å². The number of amides is 2. The number of para-hydroxylation sites is 1. The number of hydrogen-bond donors (Lipinski definition) is 0. The number of anilines is 1. The average molecular weight is 345 g/mol. The van der Waals surface area contributed by atoms with Crippen LogP contribution < -0.4 is 4.90 Å². The molecule has 0 spiro atoms. The highest BCUT2D eigenvalue weighted by Crippen LogP contribution is 2.34. The maximum absolute atomic E-state index is 13.2. The molecule has 4 heteroatoms. The molecule has 122 valence electrons. The fraction of sp³-hybridized carbons (Fsp3) is 0.0476. The quantitative estimate of drug-likeness (QED) is 0.495. The largest absolute Gasteiger partial charge is 0.268 e. The number of hydrogen-bond acceptors (Lipinski definition) is 3. The topological polar surface area (TPSA) is 37.4 Å². The van der Waals surface area contributed by atoms with Crippen LogP contribution in [0.15, 0.2) is 66.0 Å². The summed E-state index contributed by atoms with van der Waals surface area (Å²) >= 11 is 1.56. The Kier molecular flexibility index (Phi) is 3.82. The van der Waals surface area contributed by atoms with Crippen molar-refractivity contribution in [1.82, 2.24) is 0 Å². The van der Waals surface area contributed by atoms with Crippen LogP contribution in [0.2, 0.25) is 0 Å². The molecule has 0 radical (unpaired) electrons. The number of aryl methyl sites for hydroxylation is 1. The van der Waals surface area contributed by atoms with Crippen LogP contribution in [0, 0.1) is 6.92 Å². The van der Waals surface area contributed by atoms with Crippen molar-refractivity contribution in [1.29, 1.82) is 0 Å². The fourth-order valence-corrected chi connectivity index (χ4v) is 3.70. The van der Waals surface area contributed by atoms with E-state index < -0.39 is 0 Å². The molecule has 3 nitrogen and oxygen atoms in total. The van der Waals surface area contributed by atoms with Gasteiger partial charge in [-0.2, -0.15) is 0 Å². The highest BCUT2D eigenvalue weighted by molar-refractivity contribution is 7.11. The van der Waals surface area contributed by atoms with Crippen LogP contribution in [-0.2, 0) is 4.79 Å². The summed E-state index contributed by atoms with van der Waals surface area (Å²) in [6, 6.07) is 18.6. The van der Waals surface area contributed by atoms with Crippen molar-refractivity contribution < 1.29 is 9.59 Å². The van der Waals surface area contributed by atoms with Crippen LogP contribution in [0.5, 0.6) is 0 Å². The maximum Gasteiger partial charge on any atom is 0.266 e. The maximum atomic E-state index is 13.2. The zero-order chi connectivity index (χ0) is 17.4. The number of benzene rings is 2. The van der Waals surface area contributed by atoms with Crippen LogP contribution in [0.4, 0.5) is 5.69 Å². The lowest BCUT2D eigenvalue weighted by Crippen LogP contribution is -2.42. The van der Waals surface area contributed by atoms with Crippen molar-refractivity contribution in [2.24, 2.45) is 0 Å². The number of nitrogens with zero attached hydrogens (tertiary/aromatic N) is 1. The van der Waals surface area contributed by atoms with E-state index in [1.54, 1.807) is 17.4 Å². The van der Waals surface area contributed by atoms with Crippen LogP contribution in [-0.4, -0.2) is 11.8 Å². The minimum absolute atomic E-state index is 0.279. The first-order valence-electron chi connectivity index (χ1n) is 7.96. The van der Waals surface area contributed by atoms with Gasteiger partial charge in [-0.3, -0.25) is 9.59 Å². The predicted octanol–water partition coefficient (Wildman–Crippen LogP) is 4.78. The minimum atomic E-state index is -0.286. The average Bonchev–Trinajstić information content (AvgIpc) is 3.13. The summed E-state index contributed by atoms with van der Waals surface area (Å²) in [6.45, 7) is 1.90. The molecule has 0 N–H and O–H groups in total. The molecular weight excluding hydrogens is 330 g/mol. The van der Waals surface area contributed by atoms with Crippen LogP contribution >= 0.6 is 11.3 Å². The van der Waals surface area contributed by atoms with Gasteiger partial charge in [-0.1, -0.05) is 42.5 Å². The van der Waals surface area contributed by atoms with Gasteiger partial charge in [-0.05, 0) is 42.1 Å². The predicted molar refractivity (Wildman–Crippen MR) is 102 cm³/mol. The summed E-state index contributed by atoms with van der Waals surface area (Å²) in [5.74, 6) is -0.565. The number of carbonyl (C=O) groups is 2. The lowest BCUT2D eigenvalue weighted by Gasteiger charge is -2.29. The molecule has 25 heavy (non-hydrogen) atoms. The summed E-state index contributed by atoms with van der Waals surface area (Å²) in [5, 5.41) is 1.97. The molecule has 1 aromatic heterocycles. The zero-order valence-corrected chi connectivity index (χ0v) is 14.4. The molecule has 0 bridgehead atoms. The highest BCUT2D eigenvalue weighted by atomic mass is 32.1. The summed E-state index contributed by atoms with van der Waals surface area (Å²) in [7, 11) is 0. The second-order valence-corrected chi connectivity index (χ2v) is 6.83. The van der Waals surface area contributed by atoms with Crippen molar-refractivity contribution in [2.45, 2.75) is 6.92 Å². The monoisotopic (exact) mass is 345 g/mol. The highest BCUT2D eigenvalue weighted by Gasteiger charge is 2.36. The normalized spacial score (nSPS) is 15.6. The number of fused-ring (bicyclic) bond motifs is 1. The molecule has 0 atom stereocenters. The smallest absolute Gasteiger partial charge is 0.266 e. The van der Waals surface area contributed by atoms with E-state index in [9.17, 15) is 9.59 Å². The Morgan fingerprint density at radius 1 is 0.840 bits per heavy atom. The second kappa shape index (κ2) is 6.15. The van der Waals surface area contributed by atoms with E-state index in [2.05, 4.69) is 0 Å². The molecule has 0 saturated heterocycles. The molecule has 0 unspecified atom stereocenters. The van der Waals surface area contributed by atoms with Gasteiger partial charge in [0.25, 0.3) is 11.8 Å². The molecule has 3 aromatic rings. The Labute approximate surface area is 149 Å². The van der Waals surface area contributed by atoms with E-state index in [-0.39, 0.29) is 11.8 Å². The van der Waals surface area contributed by atoms with E-state index in [1.165, 1.54) is 4.90 Å². The van der Waals surface area contributed by atoms with Crippen molar-refractivity contribution in [3.8, 4) is 0 Å². The molecule has 0 saturated carbocycles. The fourth-order valence-electron chi connectivity index (χ4n) is 3.04. The second-order valence-electron chi connectivity index (χ2n) is 5.85. The van der Waals surface area contributed by atoms with Crippen LogP contribution in [0.3, 0.4) is 0 Å². The van der Waals surface area contributed by atoms with E-state index in [1.807, 2.05) is 73.0 Å². The van der Waals surface area contributed by atoms with Gasteiger partial charge in [0, 0.05) is 21.6 Å². The molecule has 2 amide bonds. The Morgan fingerprint density at radius 2 is 1.56 bits per heavy atom. The van der Waals surface area contributed by atoms with Gasteiger partial charge in [0.15, 0.2) is 0 Å². The van der Waals surface area contributed by atoms with Gasteiger partial charge in [-0.15, -0.1) is 11.3 Å². The third-order valence-corrected chi connectivity index (χ3v) is 5.09. The molecule has 2 aromatic carbocycles. The van der Waals surface area contributed by atoms with Gasteiger partial charge < -0.3 is 0 Å². The first-order valence-corrected chi connectivity index (χ1v) is 8.84. The first kappa shape index (κ1) is 15.5. The Balaban J connectivity index is 1.94. The van der Waals surface area contributed by atoms with Crippen molar-refractivity contribution in [3.63, 3.8) is 0 Å². The van der Waals surface area contributed by atoms with Crippen molar-refractivity contribution in [3.05, 3.63) is 87.6 Å². The van der Waals surface area contributed by atoms with Gasteiger partial charge in [0.2, 0.25) is 0 Å². The standard InChI is InChI=1S/C21H15NO2S/c1-14-7-2-5-11-19(14)22-20(23)17-10-4-3-9-16(17)18(21(22)24)13-15-8-6-12-25-15/h2-13H,1H3. The number of thiophene rings is 1. The van der Waals surface area contributed by atoms with Gasteiger partial charge >= 0.3 is 0 Å². The number of imide groups is 1. The number of carbonyl (C=O) groups excluding carboxylic acids is 2. The molecule has 4 rings (SSSR count). The summed E-state index contributed by atoms with van der Waals surface area (Å²) in [4.78, 5) is 28.5. The number of rotatable bonds is 2. The lowest BCUT2D eigenvalue weighted by molar-refractivity contribution is -0.112. The van der Waals surface area contributed by atoms with Crippen molar-refractivity contribution >= 4 is 40.5 Å². The van der Waals surface area contributed by atoms with Gasteiger partial charge in [0.05, 0.1) is 5.69 Å². The van der Waals surface area contributed by atoms with Gasteiger partial charge in [-0.25, -0.2) is 4.90 Å². The Hall–Kier alpha value is -2.98. The summed E-state index contributed by atoms with van der Waals surface area (Å²) < 4.78 is 0. The molecule has 1 aliphatic rings. The third kappa shape index (κ3) is 2.61. The Morgan fingerprint density at radius 3 is 2.28 bits per heavy atom. The molecule has 1 aliphatic heterocycles. The van der Waals surface area contributed by atoms with E-state index in [0.717, 1.165) is 10.4 Å². The molecular formula is C21H15NO2S. The molecule has 0 aliphatic carbocycles. The van der Waals surface area contributed by atoms with Gasteiger partial charge in [0.1, 0.15) is 0 Å². The summed E-state index contributed by atoms with van der Waals surface area (Å²) in [5.41, 5.74) is 3.30.